The number of benzene rings is 1. The zero-order valence-electron chi connectivity index (χ0n) is 12.3. The van der Waals surface area contributed by atoms with Crippen LogP contribution in [0.3, 0.4) is 0 Å². The maximum absolute atomic E-state index is 11.8. The first-order chi connectivity index (χ1) is 11.0. The van der Waals surface area contributed by atoms with Gasteiger partial charge in [-0.25, -0.2) is 4.79 Å². The molecular formula is C15H20O8. The third kappa shape index (κ3) is 4.71. The molecule has 0 amide bonds. The molecule has 1 fully saturated rings. The lowest BCUT2D eigenvalue weighted by Gasteiger charge is -2.36. The van der Waals surface area contributed by atoms with E-state index < -0.39 is 43.3 Å². The van der Waals surface area contributed by atoms with E-state index in [0.717, 1.165) is 0 Å². The van der Waals surface area contributed by atoms with Gasteiger partial charge in [0, 0.05) is 0 Å². The van der Waals surface area contributed by atoms with Crippen LogP contribution in [0, 0.1) is 0 Å². The first kappa shape index (κ1) is 17.8. The molecule has 1 heterocycles. The van der Waals surface area contributed by atoms with Crippen LogP contribution in [0.1, 0.15) is 10.4 Å². The van der Waals surface area contributed by atoms with Crippen LogP contribution in [-0.4, -0.2) is 76.9 Å². The number of ether oxygens (including phenoxy) is 3. The van der Waals surface area contributed by atoms with E-state index in [1.165, 1.54) is 0 Å². The summed E-state index contributed by atoms with van der Waals surface area (Å²) in [5, 5.41) is 37.9. The van der Waals surface area contributed by atoms with Gasteiger partial charge in [0.1, 0.15) is 31.0 Å². The molecule has 4 N–H and O–H groups in total. The quantitative estimate of drug-likeness (QED) is 0.473. The van der Waals surface area contributed by atoms with Crippen molar-refractivity contribution in [3.8, 4) is 0 Å². The monoisotopic (exact) mass is 328 g/mol. The van der Waals surface area contributed by atoms with Crippen molar-refractivity contribution in [2.45, 2.75) is 30.7 Å². The van der Waals surface area contributed by atoms with Gasteiger partial charge in [-0.15, -0.1) is 0 Å². The van der Waals surface area contributed by atoms with Crippen molar-refractivity contribution in [3.05, 3.63) is 35.9 Å². The Kier molecular flexibility index (Phi) is 6.46. The molecule has 1 aromatic rings. The summed E-state index contributed by atoms with van der Waals surface area (Å²) in [6, 6.07) is 8.31. The molecule has 23 heavy (non-hydrogen) atoms. The van der Waals surface area contributed by atoms with E-state index in [0.29, 0.717) is 5.56 Å². The van der Waals surface area contributed by atoms with Crippen molar-refractivity contribution < 1.29 is 39.4 Å². The number of esters is 1. The fraction of sp³-hybridized carbons (Fsp3) is 0.533. The van der Waals surface area contributed by atoms with Gasteiger partial charge in [0.2, 0.25) is 0 Å². The number of rotatable bonds is 6. The van der Waals surface area contributed by atoms with E-state index in [2.05, 4.69) is 0 Å². The molecule has 0 bridgehead atoms. The van der Waals surface area contributed by atoms with E-state index in [1.807, 2.05) is 0 Å². The standard InChI is InChI=1S/C15H20O8/c16-6-10(7-21-14(20)9-4-2-1-3-5-9)23-15-13(19)12(18)11(17)8-22-15/h1-5,10-13,15-19H,6-8H2/t10?,11?,12-,13?,15-/m0/s1. The zero-order valence-corrected chi connectivity index (χ0v) is 12.3. The molecule has 8 nitrogen and oxygen atoms in total. The Hall–Kier alpha value is -1.55. The zero-order chi connectivity index (χ0) is 16.8. The van der Waals surface area contributed by atoms with E-state index >= 15 is 0 Å². The van der Waals surface area contributed by atoms with Crippen molar-refractivity contribution in [2.24, 2.45) is 0 Å². The number of hydrogen-bond acceptors (Lipinski definition) is 8. The van der Waals surface area contributed by atoms with E-state index in [-0.39, 0.29) is 13.2 Å². The normalized spacial score (nSPS) is 29.0. The predicted molar refractivity (Wildman–Crippen MR) is 76.4 cm³/mol. The molecule has 1 aliphatic heterocycles. The van der Waals surface area contributed by atoms with Gasteiger partial charge in [0.15, 0.2) is 6.29 Å². The molecule has 1 aliphatic rings. The first-order valence-corrected chi connectivity index (χ1v) is 7.17. The van der Waals surface area contributed by atoms with Gasteiger partial charge in [-0.1, -0.05) is 18.2 Å². The Balaban J connectivity index is 1.85. The maximum atomic E-state index is 11.8. The molecule has 2 rings (SSSR count). The number of aliphatic hydroxyl groups is 4. The van der Waals surface area contributed by atoms with Gasteiger partial charge in [-0.3, -0.25) is 0 Å². The van der Waals surface area contributed by atoms with Crippen molar-refractivity contribution in [3.63, 3.8) is 0 Å². The first-order valence-electron chi connectivity index (χ1n) is 7.17. The second-order valence-corrected chi connectivity index (χ2v) is 5.16. The summed E-state index contributed by atoms with van der Waals surface area (Å²) in [6.07, 6.45) is -6.28. The largest absolute Gasteiger partial charge is 0.459 e. The minimum atomic E-state index is -1.47. The van der Waals surface area contributed by atoms with E-state index in [4.69, 9.17) is 14.2 Å². The summed E-state index contributed by atoms with van der Waals surface area (Å²) in [4.78, 5) is 11.8. The summed E-state index contributed by atoms with van der Waals surface area (Å²) in [5.74, 6) is -0.576. The summed E-state index contributed by atoms with van der Waals surface area (Å²) < 4.78 is 15.4. The molecule has 8 heteroatoms. The van der Waals surface area contributed by atoms with Gasteiger partial charge in [-0.2, -0.15) is 0 Å². The molecule has 0 saturated carbocycles. The molecule has 1 saturated heterocycles. The smallest absolute Gasteiger partial charge is 0.338 e. The van der Waals surface area contributed by atoms with Crippen LogP contribution in [0.25, 0.3) is 0 Å². The Morgan fingerprint density at radius 2 is 1.91 bits per heavy atom. The molecule has 0 radical (unpaired) electrons. The van der Waals surface area contributed by atoms with Crippen LogP contribution < -0.4 is 0 Å². The van der Waals surface area contributed by atoms with Crippen molar-refractivity contribution in [1.82, 2.24) is 0 Å². The molecule has 0 aliphatic carbocycles. The second-order valence-electron chi connectivity index (χ2n) is 5.16. The van der Waals surface area contributed by atoms with Crippen LogP contribution in [0.2, 0.25) is 0 Å². The predicted octanol–water partition coefficient (Wildman–Crippen LogP) is -1.34. The highest BCUT2D eigenvalue weighted by Crippen LogP contribution is 2.18. The van der Waals surface area contributed by atoms with Gasteiger partial charge in [-0.05, 0) is 12.1 Å². The highest BCUT2D eigenvalue weighted by molar-refractivity contribution is 5.89. The lowest BCUT2D eigenvalue weighted by Crippen LogP contribution is -2.55. The summed E-state index contributed by atoms with van der Waals surface area (Å²) in [6.45, 7) is -0.951. The second kappa shape index (κ2) is 8.34. The Labute approximate surface area is 132 Å². The molecule has 1 aromatic carbocycles. The van der Waals surface area contributed by atoms with Crippen molar-refractivity contribution in [1.29, 1.82) is 0 Å². The molecule has 5 atom stereocenters. The third-order valence-corrected chi connectivity index (χ3v) is 3.39. The van der Waals surface area contributed by atoms with Gasteiger partial charge >= 0.3 is 5.97 Å². The Bertz CT molecular complexity index is 494. The van der Waals surface area contributed by atoms with Crippen LogP contribution in [0.4, 0.5) is 0 Å². The van der Waals surface area contributed by atoms with Crippen LogP contribution in [0.5, 0.6) is 0 Å². The Morgan fingerprint density at radius 1 is 1.22 bits per heavy atom. The average Bonchev–Trinajstić information content (AvgIpc) is 2.59. The summed E-state index contributed by atoms with van der Waals surface area (Å²) in [7, 11) is 0. The Morgan fingerprint density at radius 3 is 2.57 bits per heavy atom. The lowest BCUT2D eigenvalue weighted by atomic mass is 10.1. The van der Waals surface area contributed by atoms with Crippen LogP contribution in [0.15, 0.2) is 30.3 Å². The molecule has 128 valence electrons. The van der Waals surface area contributed by atoms with E-state index in [9.17, 15) is 25.2 Å². The minimum absolute atomic E-state index is 0.217. The average molecular weight is 328 g/mol. The SMILES string of the molecule is O=C(OCC(CO)O[C@@H]1OCC(O)[C@H](O)C1O)c1ccccc1. The molecular weight excluding hydrogens is 308 g/mol. The highest BCUT2D eigenvalue weighted by atomic mass is 16.7. The van der Waals surface area contributed by atoms with Crippen molar-refractivity contribution in [2.75, 3.05) is 19.8 Å². The van der Waals surface area contributed by atoms with Crippen LogP contribution >= 0.6 is 0 Å². The highest BCUT2D eigenvalue weighted by Gasteiger charge is 2.39. The molecule has 3 unspecified atom stereocenters. The topological polar surface area (TPSA) is 126 Å². The van der Waals surface area contributed by atoms with Crippen LogP contribution in [-0.2, 0) is 14.2 Å². The van der Waals surface area contributed by atoms with Gasteiger partial charge in [0.25, 0.3) is 0 Å². The minimum Gasteiger partial charge on any atom is -0.459 e. The molecule has 0 aromatic heterocycles. The number of carbonyl (C=O) groups excluding carboxylic acids is 1. The van der Waals surface area contributed by atoms with Gasteiger partial charge < -0.3 is 34.6 Å². The fourth-order valence-corrected chi connectivity index (χ4v) is 2.05. The maximum Gasteiger partial charge on any atom is 0.338 e. The fourth-order valence-electron chi connectivity index (χ4n) is 2.05. The lowest BCUT2D eigenvalue weighted by molar-refractivity contribution is -0.287. The number of carbonyl (C=O) groups is 1. The van der Waals surface area contributed by atoms with Gasteiger partial charge in [0.05, 0.1) is 18.8 Å². The molecule has 0 spiro atoms. The number of hydrogen-bond donors (Lipinski definition) is 4. The third-order valence-electron chi connectivity index (χ3n) is 3.39. The summed E-state index contributed by atoms with van der Waals surface area (Å²) in [5.41, 5.74) is 0.358. The van der Waals surface area contributed by atoms with E-state index in [1.54, 1.807) is 30.3 Å². The number of aliphatic hydroxyl groups excluding tert-OH is 4. The van der Waals surface area contributed by atoms with Crippen molar-refractivity contribution >= 4 is 5.97 Å². The summed E-state index contributed by atoms with van der Waals surface area (Å²) >= 11 is 0.